The first kappa shape index (κ1) is 16.5. The number of carbonyl (C=O) groups is 3. The number of hydrogen-bond acceptors (Lipinski definition) is 5. The molecule has 0 aliphatic carbocycles. The fourth-order valence-corrected chi connectivity index (χ4v) is 2.32. The third-order valence-electron chi connectivity index (χ3n) is 3.24. The highest BCUT2D eigenvalue weighted by Crippen LogP contribution is 2.28. The summed E-state index contributed by atoms with van der Waals surface area (Å²) in [5.41, 5.74) is 1.46. The fourth-order valence-electron chi connectivity index (χ4n) is 2.32. The molecule has 2 N–H and O–H groups in total. The Bertz CT molecular complexity index is 664. The molecule has 0 fully saturated rings. The highest BCUT2D eigenvalue weighted by atomic mass is 16.5. The summed E-state index contributed by atoms with van der Waals surface area (Å²) in [4.78, 5) is 34.8. The molecule has 1 aromatic carbocycles. The third kappa shape index (κ3) is 3.88. The molecular formula is C16H18N2O5. The lowest BCUT2D eigenvalue weighted by atomic mass is 9.95. The van der Waals surface area contributed by atoms with Gasteiger partial charge >= 0.3 is 18.0 Å². The van der Waals surface area contributed by atoms with Gasteiger partial charge in [-0.05, 0) is 31.5 Å². The van der Waals surface area contributed by atoms with Crippen molar-refractivity contribution < 1.29 is 23.9 Å². The van der Waals surface area contributed by atoms with Crippen molar-refractivity contribution in [3.63, 3.8) is 0 Å². The van der Waals surface area contributed by atoms with Crippen molar-refractivity contribution >= 4 is 18.0 Å². The highest BCUT2D eigenvalue weighted by molar-refractivity contribution is 5.95. The summed E-state index contributed by atoms with van der Waals surface area (Å²) in [6.07, 6.45) is 0. The molecule has 0 aromatic heterocycles. The van der Waals surface area contributed by atoms with E-state index in [1.54, 1.807) is 38.1 Å². The SMILES string of the molecule is CCOC(=O)C1=C(C)NC(=O)N[C@H]1c1ccc(OC(C)=O)cc1. The van der Waals surface area contributed by atoms with Gasteiger partial charge < -0.3 is 20.1 Å². The van der Waals surface area contributed by atoms with E-state index < -0.39 is 24.0 Å². The second-order valence-corrected chi connectivity index (χ2v) is 4.95. The minimum atomic E-state index is -0.630. The van der Waals surface area contributed by atoms with Crippen LogP contribution in [0.4, 0.5) is 4.79 Å². The van der Waals surface area contributed by atoms with Crippen LogP contribution in [0.5, 0.6) is 5.75 Å². The predicted octanol–water partition coefficient (Wildman–Crippen LogP) is 1.80. The summed E-state index contributed by atoms with van der Waals surface area (Å²) >= 11 is 0. The number of benzene rings is 1. The molecule has 1 aliphatic rings. The van der Waals surface area contributed by atoms with Gasteiger partial charge in [0, 0.05) is 12.6 Å². The molecule has 1 aliphatic heterocycles. The number of nitrogens with one attached hydrogen (secondary N) is 2. The van der Waals surface area contributed by atoms with Crippen LogP contribution in [0.25, 0.3) is 0 Å². The molecule has 0 spiro atoms. The first-order chi connectivity index (χ1) is 10.9. The Balaban J connectivity index is 2.34. The van der Waals surface area contributed by atoms with Gasteiger partial charge in [-0.1, -0.05) is 12.1 Å². The monoisotopic (exact) mass is 318 g/mol. The standard InChI is InChI=1S/C16H18N2O5/c1-4-22-15(20)13-9(2)17-16(21)18-14(13)11-5-7-12(8-6-11)23-10(3)19/h5-8,14H,4H2,1-3H3,(H2,17,18,21)/t14-/m0/s1. The molecule has 122 valence electrons. The van der Waals surface area contributed by atoms with E-state index in [1.165, 1.54) is 6.92 Å². The molecule has 1 heterocycles. The smallest absolute Gasteiger partial charge is 0.338 e. The van der Waals surface area contributed by atoms with Crippen LogP contribution in [-0.2, 0) is 14.3 Å². The van der Waals surface area contributed by atoms with Crippen molar-refractivity contribution in [2.45, 2.75) is 26.8 Å². The van der Waals surface area contributed by atoms with Crippen LogP contribution in [0.1, 0.15) is 32.4 Å². The van der Waals surface area contributed by atoms with Gasteiger partial charge in [0.15, 0.2) is 0 Å². The van der Waals surface area contributed by atoms with Crippen LogP contribution in [0.2, 0.25) is 0 Å². The number of amides is 2. The van der Waals surface area contributed by atoms with Gasteiger partial charge in [-0.25, -0.2) is 9.59 Å². The van der Waals surface area contributed by atoms with E-state index in [9.17, 15) is 14.4 Å². The normalized spacial score (nSPS) is 17.2. The predicted molar refractivity (Wildman–Crippen MR) is 81.5 cm³/mol. The van der Waals surface area contributed by atoms with Crippen LogP contribution < -0.4 is 15.4 Å². The molecule has 2 rings (SSSR count). The van der Waals surface area contributed by atoms with E-state index >= 15 is 0 Å². The number of urea groups is 1. The first-order valence-electron chi connectivity index (χ1n) is 7.16. The van der Waals surface area contributed by atoms with E-state index in [0.29, 0.717) is 22.6 Å². The quantitative estimate of drug-likeness (QED) is 0.652. The number of esters is 2. The molecule has 0 bridgehead atoms. The van der Waals surface area contributed by atoms with E-state index in [4.69, 9.17) is 9.47 Å². The second-order valence-electron chi connectivity index (χ2n) is 4.95. The van der Waals surface area contributed by atoms with Crippen molar-refractivity contribution in [3.05, 3.63) is 41.1 Å². The molecule has 0 radical (unpaired) electrons. The Hall–Kier alpha value is -2.83. The first-order valence-corrected chi connectivity index (χ1v) is 7.16. The van der Waals surface area contributed by atoms with E-state index in [-0.39, 0.29) is 6.61 Å². The van der Waals surface area contributed by atoms with Gasteiger partial charge in [-0.3, -0.25) is 4.79 Å². The van der Waals surface area contributed by atoms with Crippen LogP contribution in [0, 0.1) is 0 Å². The Kier molecular flexibility index (Phi) is 5.00. The lowest BCUT2D eigenvalue weighted by molar-refractivity contribution is -0.139. The van der Waals surface area contributed by atoms with Gasteiger partial charge in [0.25, 0.3) is 0 Å². The Labute approximate surface area is 133 Å². The Morgan fingerprint density at radius 2 is 1.87 bits per heavy atom. The zero-order chi connectivity index (χ0) is 17.0. The van der Waals surface area contributed by atoms with Crippen LogP contribution >= 0.6 is 0 Å². The van der Waals surface area contributed by atoms with Crippen LogP contribution in [0.15, 0.2) is 35.5 Å². The number of hydrogen-bond donors (Lipinski definition) is 2. The molecule has 1 atom stereocenters. The summed E-state index contributed by atoms with van der Waals surface area (Å²) in [6, 6.07) is 5.53. The maximum absolute atomic E-state index is 12.2. The minimum absolute atomic E-state index is 0.238. The zero-order valence-corrected chi connectivity index (χ0v) is 13.1. The van der Waals surface area contributed by atoms with Gasteiger partial charge in [0.2, 0.25) is 0 Å². The molecule has 0 saturated heterocycles. The number of allylic oxidation sites excluding steroid dienone is 1. The van der Waals surface area contributed by atoms with Crippen LogP contribution in [-0.4, -0.2) is 24.6 Å². The molecule has 1 aromatic rings. The van der Waals surface area contributed by atoms with Crippen LogP contribution in [0.3, 0.4) is 0 Å². The number of ether oxygens (including phenoxy) is 2. The van der Waals surface area contributed by atoms with Crippen molar-refractivity contribution in [1.29, 1.82) is 0 Å². The van der Waals surface area contributed by atoms with Crippen molar-refractivity contribution in [2.75, 3.05) is 6.61 Å². The van der Waals surface area contributed by atoms with Gasteiger partial charge in [-0.2, -0.15) is 0 Å². The van der Waals surface area contributed by atoms with Crippen molar-refractivity contribution in [3.8, 4) is 5.75 Å². The maximum Gasteiger partial charge on any atom is 0.338 e. The molecule has 2 amide bonds. The topological polar surface area (TPSA) is 93.7 Å². The summed E-state index contributed by atoms with van der Waals surface area (Å²) in [5.74, 6) is -0.526. The maximum atomic E-state index is 12.2. The molecule has 7 nitrogen and oxygen atoms in total. The second kappa shape index (κ2) is 6.95. The summed E-state index contributed by atoms with van der Waals surface area (Å²) in [5, 5.41) is 5.26. The lowest BCUT2D eigenvalue weighted by Crippen LogP contribution is -2.45. The summed E-state index contributed by atoms with van der Waals surface area (Å²) in [7, 11) is 0. The molecule has 0 saturated carbocycles. The number of carbonyl (C=O) groups excluding carboxylic acids is 3. The average Bonchev–Trinajstić information content (AvgIpc) is 2.46. The molecule has 0 unspecified atom stereocenters. The van der Waals surface area contributed by atoms with E-state index in [2.05, 4.69) is 10.6 Å². The molecular weight excluding hydrogens is 300 g/mol. The van der Waals surface area contributed by atoms with E-state index in [1.807, 2.05) is 0 Å². The largest absolute Gasteiger partial charge is 0.463 e. The molecule has 23 heavy (non-hydrogen) atoms. The lowest BCUT2D eigenvalue weighted by Gasteiger charge is -2.28. The van der Waals surface area contributed by atoms with E-state index in [0.717, 1.165) is 0 Å². The number of rotatable bonds is 4. The summed E-state index contributed by atoms with van der Waals surface area (Å²) in [6.45, 7) is 4.91. The Morgan fingerprint density at radius 1 is 1.22 bits per heavy atom. The minimum Gasteiger partial charge on any atom is -0.463 e. The van der Waals surface area contributed by atoms with Crippen molar-refractivity contribution in [2.24, 2.45) is 0 Å². The van der Waals surface area contributed by atoms with Gasteiger partial charge in [-0.15, -0.1) is 0 Å². The fraction of sp³-hybridized carbons (Fsp3) is 0.312. The Morgan fingerprint density at radius 3 is 2.43 bits per heavy atom. The zero-order valence-electron chi connectivity index (χ0n) is 13.1. The van der Waals surface area contributed by atoms with Gasteiger partial charge in [0.05, 0.1) is 18.2 Å². The average molecular weight is 318 g/mol. The van der Waals surface area contributed by atoms with Crippen molar-refractivity contribution in [1.82, 2.24) is 10.6 Å². The summed E-state index contributed by atoms with van der Waals surface area (Å²) < 4.78 is 10.0. The van der Waals surface area contributed by atoms with Gasteiger partial charge in [0.1, 0.15) is 5.75 Å². The molecule has 7 heteroatoms. The highest BCUT2D eigenvalue weighted by Gasteiger charge is 2.32. The third-order valence-corrected chi connectivity index (χ3v) is 3.24.